The molecular formula is C24H33N3O4S2. The van der Waals surface area contributed by atoms with E-state index in [1.807, 2.05) is 75.1 Å². The number of esters is 1. The van der Waals surface area contributed by atoms with Crippen LogP contribution in [0.15, 0.2) is 54.6 Å². The van der Waals surface area contributed by atoms with E-state index in [-0.39, 0.29) is 29.8 Å². The molecule has 2 atom stereocenters. The minimum absolute atomic E-state index is 0.125. The Balaban J connectivity index is 2.32. The molecule has 3 N–H and O–H groups in total. The normalized spacial score (nSPS) is 13.6. The molecule has 2 aromatic carbocycles. The highest BCUT2D eigenvalue weighted by atomic mass is 32.2. The third kappa shape index (κ3) is 8.33. The van der Waals surface area contributed by atoms with Gasteiger partial charge in [0.2, 0.25) is 10.0 Å². The van der Waals surface area contributed by atoms with E-state index in [1.165, 1.54) is 0 Å². The van der Waals surface area contributed by atoms with Gasteiger partial charge in [0.1, 0.15) is 6.61 Å². The van der Waals surface area contributed by atoms with Gasteiger partial charge in [0.25, 0.3) is 0 Å². The summed E-state index contributed by atoms with van der Waals surface area (Å²) in [5, 5.41) is 0.188. The first kappa shape index (κ1) is 26.6. The molecule has 33 heavy (non-hydrogen) atoms. The molecule has 9 heteroatoms. The van der Waals surface area contributed by atoms with Gasteiger partial charge >= 0.3 is 5.97 Å². The largest absolute Gasteiger partial charge is 0.463 e. The molecule has 0 aliphatic heterocycles. The van der Waals surface area contributed by atoms with Gasteiger partial charge in [-0.05, 0) is 69.6 Å². The number of nitrogens with zero attached hydrogens (tertiary/aromatic N) is 1. The van der Waals surface area contributed by atoms with Crippen LogP contribution in [0.4, 0.5) is 5.69 Å². The van der Waals surface area contributed by atoms with Gasteiger partial charge in [-0.1, -0.05) is 42.5 Å². The lowest BCUT2D eigenvalue weighted by molar-refractivity contribution is -0.154. The van der Waals surface area contributed by atoms with Crippen LogP contribution in [-0.4, -0.2) is 43.3 Å². The zero-order valence-electron chi connectivity index (χ0n) is 19.7. The fourth-order valence-electron chi connectivity index (χ4n) is 3.40. The van der Waals surface area contributed by atoms with Crippen LogP contribution in [0, 0.1) is 5.41 Å². The van der Waals surface area contributed by atoms with Crippen molar-refractivity contribution in [3.05, 3.63) is 65.7 Å². The molecule has 0 aromatic heterocycles. The summed E-state index contributed by atoms with van der Waals surface area (Å²) in [4.78, 5) is 14.3. The number of sulfonamides is 1. The molecule has 0 unspecified atom stereocenters. The molecule has 0 aliphatic rings. The van der Waals surface area contributed by atoms with Crippen molar-refractivity contribution >= 4 is 39.0 Å². The Morgan fingerprint density at radius 2 is 1.70 bits per heavy atom. The van der Waals surface area contributed by atoms with E-state index in [0.717, 1.165) is 17.4 Å². The highest BCUT2D eigenvalue weighted by Crippen LogP contribution is 2.26. The van der Waals surface area contributed by atoms with Crippen molar-refractivity contribution in [2.75, 3.05) is 17.6 Å². The van der Waals surface area contributed by atoms with Crippen molar-refractivity contribution in [3.63, 3.8) is 0 Å². The maximum atomic E-state index is 12.4. The van der Waals surface area contributed by atoms with Gasteiger partial charge in [-0.25, -0.2) is 8.42 Å². The van der Waals surface area contributed by atoms with Crippen LogP contribution in [0.25, 0.3) is 0 Å². The summed E-state index contributed by atoms with van der Waals surface area (Å²) >= 11 is 5.41. The second-order valence-corrected chi connectivity index (χ2v) is 11.3. The highest BCUT2D eigenvalue weighted by molar-refractivity contribution is 7.92. The van der Waals surface area contributed by atoms with Gasteiger partial charge in [0, 0.05) is 5.69 Å². The van der Waals surface area contributed by atoms with Crippen LogP contribution >= 0.6 is 12.2 Å². The van der Waals surface area contributed by atoms with Crippen molar-refractivity contribution in [3.8, 4) is 0 Å². The topological polar surface area (TPSA) is 102 Å². The van der Waals surface area contributed by atoms with Crippen molar-refractivity contribution in [1.82, 2.24) is 4.90 Å². The summed E-state index contributed by atoms with van der Waals surface area (Å²) in [5.41, 5.74) is 7.96. The first-order chi connectivity index (χ1) is 15.3. The lowest BCUT2D eigenvalue weighted by atomic mass is 9.97. The second kappa shape index (κ2) is 11.0. The Morgan fingerprint density at radius 1 is 1.12 bits per heavy atom. The first-order valence-electron chi connectivity index (χ1n) is 10.6. The standard InChI is InChI=1S/C24H33N3O4S2/c1-17(19-11-13-20(14-12-19)26-33(5,29)30)27(23(25)32)21(15-18-9-7-6-8-10-18)16-31-22(28)24(2,3)4/h6-14,17,21,26H,15-16H2,1-5H3,(H2,25,32)/t17-,21+/m0/s1. The van der Waals surface area contributed by atoms with Crippen LogP contribution < -0.4 is 10.5 Å². The Morgan fingerprint density at radius 3 is 2.18 bits per heavy atom. The van der Waals surface area contributed by atoms with Gasteiger partial charge in [0.05, 0.1) is 23.8 Å². The number of hydrogen-bond donors (Lipinski definition) is 2. The van der Waals surface area contributed by atoms with E-state index >= 15 is 0 Å². The molecule has 0 aliphatic carbocycles. The molecule has 0 fully saturated rings. The molecule has 0 amide bonds. The van der Waals surface area contributed by atoms with E-state index in [1.54, 1.807) is 12.1 Å². The van der Waals surface area contributed by atoms with E-state index in [9.17, 15) is 13.2 Å². The third-order valence-corrected chi connectivity index (χ3v) is 5.91. The van der Waals surface area contributed by atoms with E-state index in [0.29, 0.717) is 12.1 Å². The number of nitrogens with one attached hydrogen (secondary N) is 1. The average Bonchev–Trinajstić information content (AvgIpc) is 2.70. The lowest BCUT2D eigenvalue weighted by Gasteiger charge is -2.37. The molecule has 0 saturated heterocycles. The molecule has 0 saturated carbocycles. The summed E-state index contributed by atoms with van der Waals surface area (Å²) in [6.07, 6.45) is 1.68. The number of ether oxygens (including phenoxy) is 1. The van der Waals surface area contributed by atoms with Crippen LogP contribution in [0.1, 0.15) is 44.9 Å². The minimum Gasteiger partial charge on any atom is -0.463 e. The quantitative estimate of drug-likeness (QED) is 0.406. The monoisotopic (exact) mass is 491 g/mol. The Hall–Kier alpha value is -2.65. The average molecular weight is 492 g/mol. The number of carbonyl (C=O) groups excluding carboxylic acids is 1. The fourth-order valence-corrected chi connectivity index (χ4v) is 4.27. The summed E-state index contributed by atoms with van der Waals surface area (Å²) in [7, 11) is -3.37. The van der Waals surface area contributed by atoms with E-state index in [2.05, 4.69) is 4.72 Å². The van der Waals surface area contributed by atoms with Gasteiger partial charge < -0.3 is 15.4 Å². The summed E-state index contributed by atoms with van der Waals surface area (Å²) in [6.45, 7) is 7.51. The van der Waals surface area contributed by atoms with Gasteiger partial charge in [-0.2, -0.15) is 0 Å². The van der Waals surface area contributed by atoms with Crippen molar-refractivity contribution in [1.29, 1.82) is 0 Å². The molecule has 0 heterocycles. The SMILES string of the molecule is C[C@@H](c1ccc(NS(C)(=O)=O)cc1)N(C(N)=S)[C@@H](COC(=O)C(C)(C)C)Cc1ccccc1. The Kier molecular flexibility index (Phi) is 8.85. The number of rotatable bonds is 9. The smallest absolute Gasteiger partial charge is 0.311 e. The Labute approximate surface area is 202 Å². The van der Waals surface area contributed by atoms with Crippen molar-refractivity contribution < 1.29 is 17.9 Å². The van der Waals surface area contributed by atoms with Gasteiger partial charge in [-0.3, -0.25) is 9.52 Å². The van der Waals surface area contributed by atoms with Gasteiger partial charge in [0.15, 0.2) is 5.11 Å². The number of hydrogen-bond acceptors (Lipinski definition) is 5. The summed E-state index contributed by atoms with van der Waals surface area (Å²) in [6, 6.07) is 16.4. The number of anilines is 1. The van der Waals surface area contributed by atoms with Crippen LogP contribution in [0.5, 0.6) is 0 Å². The van der Waals surface area contributed by atoms with Crippen molar-refractivity contribution in [2.24, 2.45) is 11.1 Å². The predicted molar refractivity (Wildman–Crippen MR) is 136 cm³/mol. The summed E-state index contributed by atoms with van der Waals surface area (Å²) < 4.78 is 31.1. The predicted octanol–water partition coefficient (Wildman–Crippen LogP) is 3.87. The van der Waals surface area contributed by atoms with Crippen LogP contribution in [-0.2, 0) is 26.0 Å². The van der Waals surface area contributed by atoms with E-state index in [4.69, 9.17) is 22.7 Å². The van der Waals surface area contributed by atoms with Crippen LogP contribution in [0.3, 0.4) is 0 Å². The van der Waals surface area contributed by atoms with Crippen molar-refractivity contribution in [2.45, 2.75) is 46.2 Å². The maximum absolute atomic E-state index is 12.4. The molecule has 2 aromatic rings. The number of thiocarbonyl (C=S) groups is 1. The third-order valence-electron chi connectivity index (χ3n) is 5.09. The zero-order chi connectivity index (χ0) is 24.8. The highest BCUT2D eigenvalue weighted by Gasteiger charge is 2.30. The molecule has 180 valence electrons. The van der Waals surface area contributed by atoms with Crippen LogP contribution in [0.2, 0.25) is 0 Å². The Bertz CT molecular complexity index is 1050. The molecule has 7 nitrogen and oxygen atoms in total. The lowest BCUT2D eigenvalue weighted by Crippen LogP contribution is -2.48. The number of benzene rings is 2. The molecule has 0 spiro atoms. The summed E-state index contributed by atoms with van der Waals surface area (Å²) in [5.74, 6) is -0.299. The zero-order valence-corrected chi connectivity index (χ0v) is 21.4. The first-order valence-corrected chi connectivity index (χ1v) is 12.9. The molecule has 0 bridgehead atoms. The molecule has 0 radical (unpaired) electrons. The maximum Gasteiger partial charge on any atom is 0.311 e. The fraction of sp³-hybridized carbons (Fsp3) is 0.417. The molecular weight excluding hydrogens is 458 g/mol. The minimum atomic E-state index is -3.37. The number of nitrogens with two attached hydrogens (primary N) is 1. The van der Waals surface area contributed by atoms with E-state index < -0.39 is 15.4 Å². The second-order valence-electron chi connectivity index (χ2n) is 9.11. The number of carbonyl (C=O) groups is 1. The van der Waals surface area contributed by atoms with Gasteiger partial charge in [-0.15, -0.1) is 0 Å². The molecule has 2 rings (SSSR count).